The molecule has 0 radical (unpaired) electrons. The molecule has 1 amide bonds. The van der Waals surface area contributed by atoms with Crippen molar-refractivity contribution in [2.75, 3.05) is 6.61 Å². The summed E-state index contributed by atoms with van der Waals surface area (Å²) in [4.78, 5) is 10.6. The first-order valence-corrected chi connectivity index (χ1v) is 5.74. The lowest BCUT2D eigenvalue weighted by atomic mass is 10.1. The molecule has 0 aliphatic carbocycles. The van der Waals surface area contributed by atoms with Gasteiger partial charge in [0.1, 0.15) is 5.75 Å². The zero-order valence-corrected chi connectivity index (χ0v) is 10.2. The molecule has 0 aliphatic rings. The van der Waals surface area contributed by atoms with Crippen LogP contribution in [0.2, 0.25) is 0 Å². The maximum absolute atomic E-state index is 10.6. The van der Waals surface area contributed by atoms with Crippen LogP contribution in [-0.4, -0.2) is 22.3 Å². The van der Waals surface area contributed by atoms with Gasteiger partial charge in [-0.15, -0.1) is 0 Å². The normalized spacial score (nSPS) is 10.3. The first-order valence-electron chi connectivity index (χ1n) is 5.74. The van der Waals surface area contributed by atoms with Crippen molar-refractivity contribution in [1.29, 1.82) is 0 Å². The number of carbonyl (C=O) groups excluding carboxylic acids is 1. The summed E-state index contributed by atoms with van der Waals surface area (Å²) in [6.45, 7) is 2.76. The molecule has 2 rings (SSSR count). The number of hydrogen-bond acceptors (Lipinski definition) is 3. The minimum atomic E-state index is -0.483. The third-order valence-corrected chi connectivity index (χ3v) is 2.55. The summed E-state index contributed by atoms with van der Waals surface area (Å²) >= 11 is 0. The highest BCUT2D eigenvalue weighted by molar-refractivity contribution is 5.75. The van der Waals surface area contributed by atoms with Gasteiger partial charge in [0.25, 0.3) is 5.91 Å². The zero-order valence-electron chi connectivity index (χ0n) is 10.2. The first kappa shape index (κ1) is 12.2. The maximum atomic E-state index is 10.6. The Hall–Kier alpha value is -2.30. The van der Waals surface area contributed by atoms with Gasteiger partial charge in [0.05, 0.1) is 5.69 Å². The third-order valence-electron chi connectivity index (χ3n) is 2.55. The van der Waals surface area contributed by atoms with E-state index in [1.54, 1.807) is 6.20 Å². The van der Waals surface area contributed by atoms with Crippen LogP contribution in [0.25, 0.3) is 11.3 Å². The Kier molecular flexibility index (Phi) is 3.62. The molecule has 0 saturated heterocycles. The van der Waals surface area contributed by atoms with Crippen LogP contribution in [0, 0.1) is 0 Å². The number of carbonyl (C=O) groups is 1. The van der Waals surface area contributed by atoms with E-state index in [9.17, 15) is 4.79 Å². The van der Waals surface area contributed by atoms with Crippen molar-refractivity contribution in [3.8, 4) is 17.0 Å². The summed E-state index contributed by atoms with van der Waals surface area (Å²) < 4.78 is 7.12. The molecule has 1 heterocycles. The Morgan fingerprint density at radius 3 is 2.67 bits per heavy atom. The predicted molar refractivity (Wildman–Crippen MR) is 68.0 cm³/mol. The van der Waals surface area contributed by atoms with Gasteiger partial charge in [-0.3, -0.25) is 9.48 Å². The maximum Gasteiger partial charge on any atom is 0.255 e. The van der Waals surface area contributed by atoms with Crippen LogP contribution in [0.15, 0.2) is 36.5 Å². The second-order valence-corrected chi connectivity index (χ2v) is 3.81. The van der Waals surface area contributed by atoms with Gasteiger partial charge in [0.15, 0.2) is 6.61 Å². The van der Waals surface area contributed by atoms with Crippen molar-refractivity contribution in [2.24, 2.45) is 5.73 Å². The second-order valence-electron chi connectivity index (χ2n) is 3.81. The topological polar surface area (TPSA) is 70.1 Å². The molecular weight excluding hydrogens is 230 g/mol. The van der Waals surface area contributed by atoms with Crippen LogP contribution in [-0.2, 0) is 11.3 Å². The Morgan fingerprint density at radius 2 is 2.06 bits per heavy atom. The Morgan fingerprint density at radius 1 is 1.33 bits per heavy atom. The van der Waals surface area contributed by atoms with E-state index in [1.807, 2.05) is 41.9 Å². The lowest BCUT2D eigenvalue weighted by molar-refractivity contribution is -0.119. The quantitative estimate of drug-likeness (QED) is 0.866. The van der Waals surface area contributed by atoms with E-state index in [-0.39, 0.29) is 6.61 Å². The van der Waals surface area contributed by atoms with E-state index in [4.69, 9.17) is 10.5 Å². The molecule has 0 spiro atoms. The molecule has 0 saturated carbocycles. The summed E-state index contributed by atoms with van der Waals surface area (Å²) in [7, 11) is 0. The van der Waals surface area contributed by atoms with Gasteiger partial charge in [0, 0.05) is 18.3 Å². The number of nitrogens with zero attached hydrogens (tertiary/aromatic N) is 2. The van der Waals surface area contributed by atoms with Crippen LogP contribution in [0.3, 0.4) is 0 Å². The first-order chi connectivity index (χ1) is 8.70. The second kappa shape index (κ2) is 5.35. The average molecular weight is 245 g/mol. The van der Waals surface area contributed by atoms with Crippen molar-refractivity contribution >= 4 is 5.91 Å². The fourth-order valence-corrected chi connectivity index (χ4v) is 1.71. The molecular formula is C13H15N3O2. The number of aryl methyl sites for hydroxylation is 1. The monoisotopic (exact) mass is 245 g/mol. The zero-order chi connectivity index (χ0) is 13.0. The van der Waals surface area contributed by atoms with Crippen molar-refractivity contribution < 1.29 is 9.53 Å². The van der Waals surface area contributed by atoms with E-state index in [0.717, 1.165) is 17.8 Å². The van der Waals surface area contributed by atoms with Crippen molar-refractivity contribution in [1.82, 2.24) is 9.78 Å². The van der Waals surface area contributed by atoms with Crippen LogP contribution in [0.1, 0.15) is 6.92 Å². The van der Waals surface area contributed by atoms with Crippen molar-refractivity contribution in [3.63, 3.8) is 0 Å². The number of rotatable bonds is 5. The molecule has 0 fully saturated rings. The van der Waals surface area contributed by atoms with E-state index < -0.39 is 5.91 Å². The Labute approximate surface area is 105 Å². The van der Waals surface area contributed by atoms with Crippen molar-refractivity contribution in [3.05, 3.63) is 36.5 Å². The molecule has 0 unspecified atom stereocenters. The van der Waals surface area contributed by atoms with Crippen molar-refractivity contribution in [2.45, 2.75) is 13.5 Å². The number of primary amides is 1. The summed E-state index contributed by atoms with van der Waals surface area (Å²) in [6.07, 6.45) is 1.77. The van der Waals surface area contributed by atoms with E-state index in [0.29, 0.717) is 5.75 Å². The predicted octanol–water partition coefficient (Wildman–Crippen LogP) is 1.43. The third kappa shape index (κ3) is 2.68. The largest absolute Gasteiger partial charge is 0.484 e. The highest BCUT2D eigenvalue weighted by Crippen LogP contribution is 2.22. The number of benzene rings is 1. The standard InChI is InChI=1S/C13H15N3O2/c1-2-16-12(7-8-15-16)10-3-5-11(6-4-10)18-9-13(14)17/h3-8H,2,9H2,1H3,(H2,14,17). The number of hydrogen-bond donors (Lipinski definition) is 1. The fraction of sp³-hybridized carbons (Fsp3) is 0.231. The highest BCUT2D eigenvalue weighted by atomic mass is 16.5. The van der Waals surface area contributed by atoms with Crippen LogP contribution in [0.5, 0.6) is 5.75 Å². The molecule has 1 aromatic carbocycles. The van der Waals surface area contributed by atoms with E-state index >= 15 is 0 Å². The highest BCUT2D eigenvalue weighted by Gasteiger charge is 2.04. The molecule has 0 aliphatic heterocycles. The molecule has 0 bridgehead atoms. The molecule has 1 aromatic heterocycles. The minimum Gasteiger partial charge on any atom is -0.484 e. The minimum absolute atomic E-state index is 0.105. The summed E-state index contributed by atoms with van der Waals surface area (Å²) in [6, 6.07) is 9.44. The molecule has 0 atom stereocenters. The average Bonchev–Trinajstić information content (AvgIpc) is 2.85. The SMILES string of the molecule is CCn1nccc1-c1ccc(OCC(N)=O)cc1. The molecule has 5 nitrogen and oxygen atoms in total. The van der Waals surface area contributed by atoms with Gasteiger partial charge in [-0.1, -0.05) is 0 Å². The van der Waals surface area contributed by atoms with Gasteiger partial charge in [-0.2, -0.15) is 5.10 Å². The van der Waals surface area contributed by atoms with E-state index in [1.165, 1.54) is 0 Å². The lowest BCUT2D eigenvalue weighted by Gasteiger charge is -2.07. The Balaban J connectivity index is 2.14. The molecule has 2 N–H and O–H groups in total. The molecule has 94 valence electrons. The number of amides is 1. The summed E-state index contributed by atoms with van der Waals surface area (Å²) in [5.74, 6) is 0.142. The van der Waals surface area contributed by atoms with Gasteiger partial charge < -0.3 is 10.5 Å². The Bertz CT molecular complexity index is 531. The van der Waals surface area contributed by atoms with E-state index in [2.05, 4.69) is 5.10 Å². The summed E-state index contributed by atoms with van der Waals surface area (Å²) in [5.41, 5.74) is 7.12. The van der Waals surface area contributed by atoms with Crippen LogP contribution < -0.4 is 10.5 Å². The van der Waals surface area contributed by atoms with Crippen LogP contribution in [0.4, 0.5) is 0 Å². The smallest absolute Gasteiger partial charge is 0.255 e. The number of nitrogens with two attached hydrogens (primary N) is 1. The number of aromatic nitrogens is 2. The summed E-state index contributed by atoms with van der Waals surface area (Å²) in [5, 5.41) is 4.22. The molecule has 5 heteroatoms. The van der Waals surface area contributed by atoms with Gasteiger partial charge >= 0.3 is 0 Å². The van der Waals surface area contributed by atoms with Gasteiger partial charge in [0.2, 0.25) is 0 Å². The van der Waals surface area contributed by atoms with Gasteiger partial charge in [-0.05, 0) is 37.3 Å². The van der Waals surface area contributed by atoms with Crippen LogP contribution >= 0.6 is 0 Å². The molecule has 18 heavy (non-hydrogen) atoms. The lowest BCUT2D eigenvalue weighted by Crippen LogP contribution is -2.19. The molecule has 2 aromatic rings. The fourth-order valence-electron chi connectivity index (χ4n) is 1.71. The number of ether oxygens (including phenoxy) is 1. The van der Waals surface area contributed by atoms with Gasteiger partial charge in [-0.25, -0.2) is 0 Å².